The Labute approximate surface area is 139 Å². The molecule has 0 saturated heterocycles. The minimum atomic E-state index is -0.302. The Bertz CT molecular complexity index is 700. The lowest BCUT2D eigenvalue weighted by Gasteiger charge is -2.07. The number of carbonyl (C=O) groups is 1. The van der Waals surface area contributed by atoms with Crippen molar-refractivity contribution in [1.82, 2.24) is 5.43 Å². The first kappa shape index (κ1) is 15.7. The molecule has 0 aromatic heterocycles. The number of carbonyl (C=O) groups excluding carboxylic acids is 1. The molecule has 0 atom stereocenters. The molecule has 1 amide bonds. The van der Waals surface area contributed by atoms with Crippen molar-refractivity contribution in [2.24, 2.45) is 5.10 Å². The van der Waals surface area contributed by atoms with Crippen LogP contribution in [-0.4, -0.2) is 16.7 Å². The third-order valence-corrected chi connectivity index (χ3v) is 3.84. The molecule has 2 aromatic rings. The van der Waals surface area contributed by atoms with E-state index in [4.69, 9.17) is 0 Å². The van der Waals surface area contributed by atoms with E-state index >= 15 is 0 Å². The number of hydrogen-bond acceptors (Lipinski definition) is 3. The predicted molar refractivity (Wildman–Crippen MR) is 89.6 cm³/mol. The van der Waals surface area contributed by atoms with Gasteiger partial charge in [0, 0.05) is 15.6 Å². The first-order valence-corrected chi connectivity index (χ1v) is 7.65. The number of benzene rings is 2. The number of aromatic hydroxyl groups is 1. The minimum absolute atomic E-state index is 0.0772. The number of nitrogens with zero attached hydrogens (tertiary/aromatic N) is 1. The molecule has 2 rings (SSSR count). The van der Waals surface area contributed by atoms with Crippen molar-refractivity contribution in [3.63, 3.8) is 0 Å². The lowest BCUT2D eigenvalue weighted by molar-refractivity contribution is 0.0955. The van der Waals surface area contributed by atoms with Gasteiger partial charge in [-0.25, -0.2) is 5.43 Å². The van der Waals surface area contributed by atoms with Gasteiger partial charge in [-0.3, -0.25) is 4.79 Å². The van der Waals surface area contributed by atoms with E-state index in [0.29, 0.717) is 21.3 Å². The second kappa shape index (κ2) is 6.87. The van der Waals surface area contributed by atoms with Crippen LogP contribution in [0.25, 0.3) is 0 Å². The van der Waals surface area contributed by atoms with Gasteiger partial charge < -0.3 is 5.11 Å². The van der Waals surface area contributed by atoms with E-state index in [-0.39, 0.29) is 11.7 Å². The molecule has 2 aromatic carbocycles. The average Bonchev–Trinajstić information content (AvgIpc) is 2.49. The maximum atomic E-state index is 11.9. The fourth-order valence-corrected chi connectivity index (χ4v) is 2.92. The summed E-state index contributed by atoms with van der Waals surface area (Å²) < 4.78 is 1.35. The van der Waals surface area contributed by atoms with Gasteiger partial charge in [-0.15, -0.1) is 0 Å². The maximum Gasteiger partial charge on any atom is 0.271 e. The Balaban J connectivity index is 2.21. The number of phenols is 1. The summed E-state index contributed by atoms with van der Waals surface area (Å²) in [5.74, 6) is -0.225. The Kier molecular flexibility index (Phi) is 5.14. The highest BCUT2D eigenvalue weighted by Gasteiger charge is 2.11. The van der Waals surface area contributed by atoms with E-state index in [1.165, 1.54) is 0 Å². The van der Waals surface area contributed by atoms with Gasteiger partial charge in [0.05, 0.1) is 10.2 Å². The Morgan fingerprint density at radius 2 is 1.86 bits per heavy atom. The van der Waals surface area contributed by atoms with Crippen molar-refractivity contribution in [3.05, 3.63) is 62.5 Å². The Morgan fingerprint density at radius 1 is 1.19 bits per heavy atom. The van der Waals surface area contributed by atoms with Crippen LogP contribution in [0.3, 0.4) is 0 Å². The number of nitrogens with one attached hydrogen (secondary N) is 1. The second-order valence-electron chi connectivity index (χ2n) is 4.29. The van der Waals surface area contributed by atoms with Crippen LogP contribution >= 0.6 is 31.9 Å². The van der Waals surface area contributed by atoms with E-state index in [2.05, 4.69) is 42.4 Å². The molecule has 6 heteroatoms. The number of hydrogen-bond donors (Lipinski definition) is 2. The SMILES string of the molecule is CC(=NNC(=O)c1ccccc1)c1cc(Br)cc(Br)c1O. The summed E-state index contributed by atoms with van der Waals surface area (Å²) >= 11 is 6.61. The van der Waals surface area contributed by atoms with Crippen LogP contribution in [0.1, 0.15) is 22.8 Å². The summed E-state index contributed by atoms with van der Waals surface area (Å²) in [5, 5.41) is 14.0. The predicted octanol–water partition coefficient (Wildman–Crippen LogP) is 4.07. The molecule has 0 fully saturated rings. The first-order chi connectivity index (χ1) is 9.99. The molecule has 0 bridgehead atoms. The van der Waals surface area contributed by atoms with Crippen LogP contribution in [0.4, 0.5) is 0 Å². The number of hydrazone groups is 1. The molecule has 0 aliphatic carbocycles. The van der Waals surface area contributed by atoms with Crippen molar-refractivity contribution < 1.29 is 9.90 Å². The highest BCUT2D eigenvalue weighted by atomic mass is 79.9. The summed E-state index contributed by atoms with van der Waals surface area (Å²) in [7, 11) is 0. The van der Waals surface area contributed by atoms with Gasteiger partial charge in [0.2, 0.25) is 0 Å². The van der Waals surface area contributed by atoms with Gasteiger partial charge in [0.1, 0.15) is 5.75 Å². The van der Waals surface area contributed by atoms with Gasteiger partial charge in [-0.1, -0.05) is 34.1 Å². The molecule has 108 valence electrons. The molecule has 0 spiro atoms. The number of rotatable bonds is 3. The summed E-state index contributed by atoms with van der Waals surface area (Å²) in [6, 6.07) is 12.3. The smallest absolute Gasteiger partial charge is 0.271 e. The third-order valence-electron chi connectivity index (χ3n) is 2.78. The molecule has 2 N–H and O–H groups in total. The summed E-state index contributed by atoms with van der Waals surface area (Å²) in [5.41, 5.74) is 4.02. The van der Waals surface area contributed by atoms with Crippen LogP contribution in [0.2, 0.25) is 0 Å². The number of amides is 1. The van der Waals surface area contributed by atoms with Gasteiger partial charge >= 0.3 is 0 Å². The average molecular weight is 412 g/mol. The summed E-state index contributed by atoms with van der Waals surface area (Å²) in [6.07, 6.45) is 0. The van der Waals surface area contributed by atoms with Crippen molar-refractivity contribution in [2.45, 2.75) is 6.92 Å². The zero-order valence-electron chi connectivity index (χ0n) is 11.1. The molecule has 0 aliphatic rings. The zero-order chi connectivity index (χ0) is 15.4. The van der Waals surface area contributed by atoms with Crippen molar-refractivity contribution >= 4 is 43.5 Å². The van der Waals surface area contributed by atoms with Crippen LogP contribution in [0.15, 0.2) is 56.5 Å². The fourth-order valence-electron chi connectivity index (χ4n) is 1.69. The van der Waals surface area contributed by atoms with Crippen LogP contribution < -0.4 is 5.43 Å². The monoisotopic (exact) mass is 410 g/mol. The van der Waals surface area contributed by atoms with Gasteiger partial charge in [-0.05, 0) is 47.1 Å². The highest BCUT2D eigenvalue weighted by Crippen LogP contribution is 2.31. The van der Waals surface area contributed by atoms with E-state index < -0.39 is 0 Å². The quantitative estimate of drug-likeness (QED) is 0.590. The lowest BCUT2D eigenvalue weighted by atomic mass is 10.1. The van der Waals surface area contributed by atoms with E-state index in [1.54, 1.807) is 43.3 Å². The number of halogens is 2. The molecule has 0 saturated carbocycles. The van der Waals surface area contributed by atoms with E-state index in [0.717, 1.165) is 4.47 Å². The van der Waals surface area contributed by atoms with Crippen LogP contribution in [-0.2, 0) is 0 Å². The molecule has 0 radical (unpaired) electrons. The van der Waals surface area contributed by atoms with E-state index in [1.807, 2.05) is 6.07 Å². The molecule has 0 heterocycles. The molecular weight excluding hydrogens is 400 g/mol. The Hall–Kier alpha value is -1.66. The Morgan fingerprint density at radius 3 is 2.52 bits per heavy atom. The van der Waals surface area contributed by atoms with Crippen LogP contribution in [0.5, 0.6) is 5.75 Å². The van der Waals surface area contributed by atoms with Crippen molar-refractivity contribution in [3.8, 4) is 5.75 Å². The van der Waals surface area contributed by atoms with Gasteiger partial charge in [-0.2, -0.15) is 5.10 Å². The van der Waals surface area contributed by atoms with Gasteiger partial charge in [0.15, 0.2) is 0 Å². The standard InChI is InChI=1S/C15H12Br2N2O2/c1-9(12-7-11(16)8-13(17)14(12)20)18-19-15(21)10-5-3-2-4-6-10/h2-8,20H,1H3,(H,19,21). The lowest BCUT2D eigenvalue weighted by Crippen LogP contribution is -2.19. The molecule has 4 nitrogen and oxygen atoms in total. The van der Waals surface area contributed by atoms with Crippen LogP contribution in [0, 0.1) is 0 Å². The minimum Gasteiger partial charge on any atom is -0.506 e. The fraction of sp³-hybridized carbons (Fsp3) is 0.0667. The summed E-state index contributed by atoms with van der Waals surface area (Å²) in [6.45, 7) is 1.71. The molecule has 0 unspecified atom stereocenters. The maximum absolute atomic E-state index is 11.9. The summed E-state index contributed by atoms with van der Waals surface area (Å²) in [4.78, 5) is 11.9. The topological polar surface area (TPSA) is 61.7 Å². The molecular formula is C15H12Br2N2O2. The second-order valence-corrected chi connectivity index (χ2v) is 6.06. The molecule has 0 aliphatic heterocycles. The first-order valence-electron chi connectivity index (χ1n) is 6.07. The largest absolute Gasteiger partial charge is 0.506 e. The van der Waals surface area contributed by atoms with Crippen molar-refractivity contribution in [1.29, 1.82) is 0 Å². The number of phenolic OH excluding ortho intramolecular Hbond substituents is 1. The molecule has 21 heavy (non-hydrogen) atoms. The third kappa shape index (κ3) is 3.92. The van der Waals surface area contributed by atoms with Gasteiger partial charge in [0.25, 0.3) is 5.91 Å². The zero-order valence-corrected chi connectivity index (χ0v) is 14.3. The highest BCUT2D eigenvalue weighted by molar-refractivity contribution is 9.11. The van der Waals surface area contributed by atoms with Crippen molar-refractivity contribution in [2.75, 3.05) is 0 Å². The normalized spacial score (nSPS) is 11.3. The van der Waals surface area contributed by atoms with E-state index in [9.17, 15) is 9.90 Å².